The number of hydrogen-bond acceptors (Lipinski definition) is 4. The SMILES string of the molecule is CSC1CCCC1n1c(C)c(CCC(=O)O)c(C)nc1=O. The molecule has 2 unspecified atom stereocenters. The minimum atomic E-state index is -0.825. The van der Waals surface area contributed by atoms with Gasteiger partial charge in [0.05, 0.1) is 6.04 Å². The van der Waals surface area contributed by atoms with Crippen molar-refractivity contribution in [2.24, 2.45) is 0 Å². The van der Waals surface area contributed by atoms with Crippen molar-refractivity contribution in [3.05, 3.63) is 27.4 Å². The molecule has 0 saturated heterocycles. The molecule has 1 aromatic heterocycles. The predicted octanol–water partition coefficient (Wildman–Crippen LogP) is 2.33. The highest BCUT2D eigenvalue weighted by molar-refractivity contribution is 7.99. The van der Waals surface area contributed by atoms with Gasteiger partial charge >= 0.3 is 11.7 Å². The number of aryl methyl sites for hydroxylation is 1. The summed E-state index contributed by atoms with van der Waals surface area (Å²) in [6.07, 6.45) is 5.82. The van der Waals surface area contributed by atoms with E-state index in [1.807, 2.05) is 6.92 Å². The smallest absolute Gasteiger partial charge is 0.348 e. The van der Waals surface area contributed by atoms with Gasteiger partial charge in [-0.25, -0.2) is 4.79 Å². The average molecular weight is 310 g/mol. The van der Waals surface area contributed by atoms with E-state index < -0.39 is 5.97 Å². The van der Waals surface area contributed by atoms with Crippen LogP contribution in [0.2, 0.25) is 0 Å². The van der Waals surface area contributed by atoms with E-state index in [4.69, 9.17) is 5.11 Å². The summed E-state index contributed by atoms with van der Waals surface area (Å²) in [5.41, 5.74) is 2.26. The number of nitrogens with zero attached hydrogens (tertiary/aromatic N) is 2. The second kappa shape index (κ2) is 6.64. The Morgan fingerprint density at radius 1 is 1.43 bits per heavy atom. The van der Waals surface area contributed by atoms with Crippen LogP contribution in [0.25, 0.3) is 0 Å². The first-order valence-corrected chi connectivity index (χ1v) is 8.57. The molecule has 1 heterocycles. The van der Waals surface area contributed by atoms with Crippen molar-refractivity contribution in [3.63, 3.8) is 0 Å². The van der Waals surface area contributed by atoms with E-state index in [2.05, 4.69) is 11.2 Å². The zero-order chi connectivity index (χ0) is 15.6. The molecule has 6 heteroatoms. The van der Waals surface area contributed by atoms with Gasteiger partial charge in [-0.05, 0) is 44.9 Å². The summed E-state index contributed by atoms with van der Waals surface area (Å²) < 4.78 is 1.80. The number of hydrogen-bond donors (Lipinski definition) is 1. The summed E-state index contributed by atoms with van der Waals surface area (Å²) in [7, 11) is 0. The first-order valence-electron chi connectivity index (χ1n) is 7.29. The van der Waals surface area contributed by atoms with Crippen LogP contribution in [0.1, 0.15) is 48.7 Å². The molecular weight excluding hydrogens is 288 g/mol. The van der Waals surface area contributed by atoms with Crippen molar-refractivity contribution in [1.82, 2.24) is 9.55 Å². The fourth-order valence-corrected chi connectivity index (χ4v) is 4.25. The van der Waals surface area contributed by atoms with Gasteiger partial charge in [0.15, 0.2) is 0 Å². The monoisotopic (exact) mass is 310 g/mol. The maximum Gasteiger partial charge on any atom is 0.348 e. The van der Waals surface area contributed by atoms with E-state index in [1.54, 1.807) is 23.3 Å². The molecule has 2 atom stereocenters. The van der Waals surface area contributed by atoms with Crippen LogP contribution in [0, 0.1) is 13.8 Å². The Labute approximate surface area is 128 Å². The molecule has 0 spiro atoms. The van der Waals surface area contributed by atoms with Gasteiger partial charge in [-0.2, -0.15) is 16.7 Å². The molecule has 116 valence electrons. The van der Waals surface area contributed by atoms with Crippen molar-refractivity contribution >= 4 is 17.7 Å². The van der Waals surface area contributed by atoms with Crippen LogP contribution in [-0.2, 0) is 11.2 Å². The highest BCUT2D eigenvalue weighted by Gasteiger charge is 2.30. The molecule has 2 rings (SSSR count). The van der Waals surface area contributed by atoms with E-state index in [0.717, 1.165) is 30.5 Å². The molecule has 0 radical (unpaired) electrons. The van der Waals surface area contributed by atoms with Crippen molar-refractivity contribution in [2.45, 2.75) is 57.2 Å². The number of aliphatic carboxylic acids is 1. The fraction of sp³-hybridized carbons (Fsp3) is 0.667. The number of carboxylic acid groups (broad SMARTS) is 1. The molecule has 1 aromatic rings. The Bertz CT molecular complexity index is 597. The van der Waals surface area contributed by atoms with Gasteiger partial charge < -0.3 is 5.11 Å². The second-order valence-corrected chi connectivity index (χ2v) is 6.66. The summed E-state index contributed by atoms with van der Waals surface area (Å²) in [5.74, 6) is -0.825. The lowest BCUT2D eigenvalue weighted by Crippen LogP contribution is -2.33. The highest BCUT2D eigenvalue weighted by Crippen LogP contribution is 2.37. The zero-order valence-electron chi connectivity index (χ0n) is 12.8. The van der Waals surface area contributed by atoms with E-state index in [1.165, 1.54) is 0 Å². The van der Waals surface area contributed by atoms with Crippen molar-refractivity contribution in [3.8, 4) is 0 Å². The van der Waals surface area contributed by atoms with Crippen molar-refractivity contribution in [1.29, 1.82) is 0 Å². The molecule has 1 N–H and O–H groups in total. The maximum atomic E-state index is 12.3. The Balaban J connectivity index is 2.43. The van der Waals surface area contributed by atoms with Gasteiger partial charge in [-0.1, -0.05) is 6.42 Å². The number of carboxylic acids is 1. The number of thioether (sulfide) groups is 1. The molecule has 1 aliphatic rings. The van der Waals surface area contributed by atoms with Crippen LogP contribution >= 0.6 is 11.8 Å². The van der Waals surface area contributed by atoms with E-state index >= 15 is 0 Å². The number of rotatable bonds is 5. The normalized spacial score (nSPS) is 21.7. The van der Waals surface area contributed by atoms with Gasteiger partial charge in [0.25, 0.3) is 0 Å². The summed E-state index contributed by atoms with van der Waals surface area (Å²) in [6, 6.07) is 0.184. The average Bonchev–Trinajstić information content (AvgIpc) is 2.85. The molecule has 1 aliphatic carbocycles. The molecule has 0 aromatic carbocycles. The van der Waals surface area contributed by atoms with Gasteiger partial charge in [-0.15, -0.1) is 0 Å². The lowest BCUT2D eigenvalue weighted by molar-refractivity contribution is -0.136. The molecular formula is C15H22N2O3S. The van der Waals surface area contributed by atoms with Gasteiger partial charge in [0.1, 0.15) is 0 Å². The molecule has 5 nitrogen and oxygen atoms in total. The first-order chi connectivity index (χ1) is 9.95. The third kappa shape index (κ3) is 3.31. The van der Waals surface area contributed by atoms with Crippen LogP contribution in [-0.4, -0.2) is 32.1 Å². The van der Waals surface area contributed by atoms with Gasteiger partial charge in [0, 0.05) is 23.1 Å². The van der Waals surface area contributed by atoms with Gasteiger partial charge in [-0.3, -0.25) is 9.36 Å². The first kappa shape index (κ1) is 16.1. The molecule has 0 bridgehead atoms. The Hall–Kier alpha value is -1.30. The predicted molar refractivity (Wildman–Crippen MR) is 84.1 cm³/mol. The maximum absolute atomic E-state index is 12.3. The minimum Gasteiger partial charge on any atom is -0.481 e. The van der Waals surface area contributed by atoms with Crippen LogP contribution in [0.4, 0.5) is 0 Å². The van der Waals surface area contributed by atoms with Crippen LogP contribution < -0.4 is 5.69 Å². The molecule has 1 saturated carbocycles. The van der Waals surface area contributed by atoms with Gasteiger partial charge in [0.2, 0.25) is 0 Å². The fourth-order valence-electron chi connectivity index (χ4n) is 3.28. The third-order valence-corrected chi connectivity index (χ3v) is 5.50. The topological polar surface area (TPSA) is 72.2 Å². The highest BCUT2D eigenvalue weighted by atomic mass is 32.2. The Kier molecular flexibility index (Phi) is 5.08. The summed E-state index contributed by atoms with van der Waals surface area (Å²) in [4.78, 5) is 27.3. The second-order valence-electron chi connectivity index (χ2n) is 5.58. The zero-order valence-corrected chi connectivity index (χ0v) is 13.6. The summed E-state index contributed by atoms with van der Waals surface area (Å²) in [6.45, 7) is 3.71. The van der Waals surface area contributed by atoms with E-state index in [-0.39, 0.29) is 18.2 Å². The quantitative estimate of drug-likeness (QED) is 0.903. The number of carbonyl (C=O) groups is 1. The van der Waals surface area contributed by atoms with Crippen LogP contribution in [0.5, 0.6) is 0 Å². The minimum absolute atomic E-state index is 0.0676. The summed E-state index contributed by atoms with van der Waals surface area (Å²) in [5, 5.41) is 9.32. The lowest BCUT2D eigenvalue weighted by Gasteiger charge is -2.24. The van der Waals surface area contributed by atoms with Crippen LogP contribution in [0.15, 0.2) is 4.79 Å². The van der Waals surface area contributed by atoms with E-state index in [0.29, 0.717) is 17.4 Å². The molecule has 1 fully saturated rings. The Morgan fingerprint density at radius 3 is 2.76 bits per heavy atom. The standard InChI is InChI=1S/C15H22N2O3S/c1-9-11(7-8-14(18)19)10(2)17(15(20)16-9)12-5-4-6-13(12)21-3/h12-13H,4-8H2,1-3H3,(H,18,19). The van der Waals surface area contributed by atoms with Crippen LogP contribution in [0.3, 0.4) is 0 Å². The molecule has 0 aliphatic heterocycles. The van der Waals surface area contributed by atoms with Crippen molar-refractivity contribution < 1.29 is 9.90 Å². The Morgan fingerprint density at radius 2 is 2.14 bits per heavy atom. The summed E-state index contributed by atoms with van der Waals surface area (Å²) >= 11 is 1.80. The van der Waals surface area contributed by atoms with Crippen molar-refractivity contribution in [2.75, 3.05) is 6.26 Å². The van der Waals surface area contributed by atoms with E-state index in [9.17, 15) is 9.59 Å². The largest absolute Gasteiger partial charge is 0.481 e. The number of aromatic nitrogens is 2. The molecule has 0 amide bonds. The third-order valence-electron chi connectivity index (χ3n) is 4.35. The lowest BCUT2D eigenvalue weighted by atomic mass is 10.1. The molecule has 21 heavy (non-hydrogen) atoms.